The minimum atomic E-state index is -0.202. The molecule has 0 radical (unpaired) electrons. The van der Waals surface area contributed by atoms with Gasteiger partial charge in [0.15, 0.2) is 0 Å². The summed E-state index contributed by atoms with van der Waals surface area (Å²) in [6.45, 7) is 2.86. The lowest BCUT2D eigenvalue weighted by Gasteiger charge is -2.13. The molecule has 2 rings (SSSR count). The molecule has 1 N–H and O–H groups in total. The van der Waals surface area contributed by atoms with Crippen molar-refractivity contribution >= 4 is 11.3 Å². The molecule has 4 heteroatoms. The minimum Gasteiger partial charge on any atom is -0.309 e. The number of benzene rings is 1. The normalized spacial score (nSPS) is 12.1. The Labute approximate surface area is 116 Å². The van der Waals surface area contributed by atoms with Gasteiger partial charge in [0.05, 0.1) is 0 Å². The summed E-state index contributed by atoms with van der Waals surface area (Å²) in [6, 6.07) is 12.8. The Morgan fingerprint density at radius 1 is 1.26 bits per heavy atom. The van der Waals surface area contributed by atoms with E-state index in [1.165, 1.54) is 23.5 Å². The number of hydrogen-bond acceptors (Lipinski definition) is 3. The van der Waals surface area contributed by atoms with E-state index in [0.29, 0.717) is 6.04 Å². The Kier molecular flexibility index (Phi) is 4.67. The molecule has 0 aliphatic carbocycles. The molecule has 0 aliphatic rings. The first kappa shape index (κ1) is 13.7. The summed E-state index contributed by atoms with van der Waals surface area (Å²) in [7, 11) is 0. The van der Waals surface area contributed by atoms with Gasteiger partial charge in [-0.2, -0.15) is 5.26 Å². The first-order chi connectivity index (χ1) is 9.17. The van der Waals surface area contributed by atoms with Crippen molar-refractivity contribution in [2.24, 2.45) is 0 Å². The van der Waals surface area contributed by atoms with Crippen LogP contribution >= 0.6 is 11.3 Å². The number of nitrogens with zero attached hydrogens (tertiary/aromatic N) is 1. The van der Waals surface area contributed by atoms with Crippen LogP contribution in [0.5, 0.6) is 0 Å². The fourth-order valence-corrected chi connectivity index (χ4v) is 2.61. The highest BCUT2D eigenvalue weighted by Crippen LogP contribution is 2.15. The van der Waals surface area contributed by atoms with Crippen LogP contribution in [0.1, 0.15) is 22.2 Å². The molecule has 1 aromatic heterocycles. The van der Waals surface area contributed by atoms with E-state index in [9.17, 15) is 4.39 Å². The van der Waals surface area contributed by atoms with Gasteiger partial charge in [0.1, 0.15) is 16.8 Å². The van der Waals surface area contributed by atoms with Gasteiger partial charge in [0.2, 0.25) is 0 Å². The number of nitriles is 1. The average molecular weight is 274 g/mol. The van der Waals surface area contributed by atoms with Gasteiger partial charge in [0, 0.05) is 17.5 Å². The summed E-state index contributed by atoms with van der Waals surface area (Å²) in [5.41, 5.74) is 1.12. The molecule has 2 nitrogen and oxygen atoms in total. The van der Waals surface area contributed by atoms with Crippen LogP contribution in [0.2, 0.25) is 0 Å². The van der Waals surface area contributed by atoms with Crippen molar-refractivity contribution in [3.05, 3.63) is 57.5 Å². The van der Waals surface area contributed by atoms with Crippen LogP contribution < -0.4 is 5.32 Å². The van der Waals surface area contributed by atoms with E-state index >= 15 is 0 Å². The molecular formula is C15H15FN2S. The van der Waals surface area contributed by atoms with E-state index < -0.39 is 0 Å². The number of nitrogens with one attached hydrogen (secondary N) is 1. The third kappa shape index (κ3) is 4.16. The largest absolute Gasteiger partial charge is 0.309 e. The van der Waals surface area contributed by atoms with Gasteiger partial charge in [-0.3, -0.25) is 0 Å². The fourth-order valence-electron chi connectivity index (χ4n) is 1.85. The molecule has 0 saturated heterocycles. The number of halogens is 1. The Bertz CT molecular complexity index is 569. The molecule has 0 saturated carbocycles. The van der Waals surface area contributed by atoms with E-state index in [4.69, 9.17) is 5.26 Å². The van der Waals surface area contributed by atoms with Crippen LogP contribution in [0.3, 0.4) is 0 Å². The lowest BCUT2D eigenvalue weighted by atomic mass is 10.1. The SMILES string of the molecule is CC(Cc1ccc(F)cc1)NCc1ccc(C#N)s1. The van der Waals surface area contributed by atoms with E-state index in [-0.39, 0.29) is 5.82 Å². The molecule has 98 valence electrons. The van der Waals surface area contributed by atoms with Crippen LogP contribution in [-0.2, 0) is 13.0 Å². The van der Waals surface area contributed by atoms with E-state index in [0.717, 1.165) is 28.3 Å². The quantitative estimate of drug-likeness (QED) is 0.906. The zero-order chi connectivity index (χ0) is 13.7. The summed E-state index contributed by atoms with van der Waals surface area (Å²) in [6.07, 6.45) is 0.858. The molecule has 0 spiro atoms. The highest BCUT2D eigenvalue weighted by Gasteiger charge is 2.05. The van der Waals surface area contributed by atoms with Crippen molar-refractivity contribution in [1.29, 1.82) is 5.26 Å². The second kappa shape index (κ2) is 6.46. The number of hydrogen-bond donors (Lipinski definition) is 1. The molecule has 0 fully saturated rings. The first-order valence-corrected chi connectivity index (χ1v) is 6.95. The van der Waals surface area contributed by atoms with Crippen LogP contribution in [0.4, 0.5) is 4.39 Å². The maximum absolute atomic E-state index is 12.8. The van der Waals surface area contributed by atoms with Gasteiger partial charge in [-0.15, -0.1) is 11.3 Å². The van der Waals surface area contributed by atoms with Crippen molar-refractivity contribution in [2.75, 3.05) is 0 Å². The second-order valence-corrected chi connectivity index (χ2v) is 5.66. The lowest BCUT2D eigenvalue weighted by molar-refractivity contribution is 0.548. The zero-order valence-corrected chi connectivity index (χ0v) is 11.5. The molecule has 1 aromatic carbocycles. The summed E-state index contributed by atoms with van der Waals surface area (Å²) < 4.78 is 12.8. The third-order valence-electron chi connectivity index (χ3n) is 2.85. The standard InChI is InChI=1S/C15H15FN2S/c1-11(8-12-2-4-13(16)5-3-12)18-10-15-7-6-14(9-17)19-15/h2-7,11,18H,8,10H2,1H3. The van der Waals surface area contributed by atoms with Crippen LogP contribution in [0.25, 0.3) is 0 Å². The van der Waals surface area contributed by atoms with Gasteiger partial charge < -0.3 is 5.32 Å². The van der Waals surface area contributed by atoms with E-state index in [2.05, 4.69) is 18.3 Å². The predicted molar refractivity (Wildman–Crippen MR) is 75.4 cm³/mol. The molecule has 0 amide bonds. The molecular weight excluding hydrogens is 259 g/mol. The monoisotopic (exact) mass is 274 g/mol. The highest BCUT2D eigenvalue weighted by molar-refractivity contribution is 7.12. The molecule has 2 aromatic rings. The molecule has 0 aliphatic heterocycles. The maximum Gasteiger partial charge on any atom is 0.123 e. The molecule has 19 heavy (non-hydrogen) atoms. The van der Waals surface area contributed by atoms with Crippen molar-refractivity contribution < 1.29 is 4.39 Å². The average Bonchev–Trinajstić information content (AvgIpc) is 2.87. The summed E-state index contributed by atoms with van der Waals surface area (Å²) in [5.74, 6) is -0.202. The zero-order valence-electron chi connectivity index (χ0n) is 10.7. The maximum atomic E-state index is 12.8. The number of rotatable bonds is 5. The lowest BCUT2D eigenvalue weighted by Crippen LogP contribution is -2.27. The van der Waals surface area contributed by atoms with Crippen molar-refractivity contribution in [1.82, 2.24) is 5.32 Å². The Morgan fingerprint density at radius 3 is 2.63 bits per heavy atom. The van der Waals surface area contributed by atoms with Crippen LogP contribution in [-0.4, -0.2) is 6.04 Å². The Hall–Kier alpha value is -1.70. The Morgan fingerprint density at radius 2 is 2.00 bits per heavy atom. The highest BCUT2D eigenvalue weighted by atomic mass is 32.1. The molecule has 1 unspecified atom stereocenters. The van der Waals surface area contributed by atoms with Gasteiger partial charge in [-0.05, 0) is 43.2 Å². The molecule has 1 heterocycles. The smallest absolute Gasteiger partial charge is 0.123 e. The van der Waals surface area contributed by atoms with Crippen LogP contribution in [0, 0.1) is 17.1 Å². The van der Waals surface area contributed by atoms with Crippen LogP contribution in [0.15, 0.2) is 36.4 Å². The summed E-state index contributed by atoms with van der Waals surface area (Å²) >= 11 is 1.51. The Balaban J connectivity index is 1.83. The predicted octanol–water partition coefficient (Wildman–Crippen LogP) is 3.48. The van der Waals surface area contributed by atoms with Crippen molar-refractivity contribution in [3.8, 4) is 6.07 Å². The fraction of sp³-hybridized carbons (Fsp3) is 0.267. The summed E-state index contributed by atoms with van der Waals surface area (Å²) in [4.78, 5) is 1.89. The second-order valence-electron chi connectivity index (χ2n) is 4.49. The topological polar surface area (TPSA) is 35.8 Å². The number of thiophene rings is 1. The first-order valence-electron chi connectivity index (χ1n) is 6.14. The van der Waals surface area contributed by atoms with Gasteiger partial charge in [0.25, 0.3) is 0 Å². The van der Waals surface area contributed by atoms with E-state index in [1.54, 1.807) is 0 Å². The third-order valence-corrected chi connectivity index (χ3v) is 3.84. The van der Waals surface area contributed by atoms with Gasteiger partial charge in [-0.25, -0.2) is 4.39 Å². The van der Waals surface area contributed by atoms with Crippen molar-refractivity contribution in [3.63, 3.8) is 0 Å². The van der Waals surface area contributed by atoms with Crippen molar-refractivity contribution in [2.45, 2.75) is 25.9 Å². The van der Waals surface area contributed by atoms with Gasteiger partial charge in [-0.1, -0.05) is 12.1 Å². The molecule has 0 bridgehead atoms. The minimum absolute atomic E-state index is 0.202. The van der Waals surface area contributed by atoms with E-state index in [1.807, 2.05) is 24.3 Å². The summed E-state index contributed by atoms with van der Waals surface area (Å²) in [5, 5.41) is 12.2. The van der Waals surface area contributed by atoms with Gasteiger partial charge >= 0.3 is 0 Å². The molecule has 1 atom stereocenters.